The Morgan fingerprint density at radius 1 is 0.425 bits per heavy atom. The summed E-state index contributed by atoms with van der Waals surface area (Å²) in [7, 11) is 0. The highest BCUT2D eigenvalue weighted by atomic mass is 16.7. The van der Waals surface area contributed by atoms with Crippen LogP contribution in [0.3, 0.4) is 0 Å². The first-order valence-corrected chi connectivity index (χ1v) is 33.9. The maximum Gasteiger partial charge on any atom is 0.220 e. The van der Waals surface area contributed by atoms with E-state index < -0.39 is 86.8 Å². The summed E-state index contributed by atoms with van der Waals surface area (Å²) in [6.45, 7) is 2.63. The van der Waals surface area contributed by atoms with Crippen molar-refractivity contribution in [1.29, 1.82) is 0 Å². The molecule has 12 atom stereocenters. The zero-order valence-corrected chi connectivity index (χ0v) is 53.7. The molecule has 0 aromatic rings. The van der Waals surface area contributed by atoms with Crippen molar-refractivity contribution in [3.05, 3.63) is 134 Å². The molecule has 14 heteroatoms. The highest BCUT2D eigenvalue weighted by molar-refractivity contribution is 5.76. The van der Waals surface area contributed by atoms with E-state index in [9.17, 15) is 45.6 Å². The van der Waals surface area contributed by atoms with Gasteiger partial charge in [-0.15, -0.1) is 0 Å². The summed E-state index contributed by atoms with van der Waals surface area (Å²) in [6, 6.07) is -0.974. The second kappa shape index (κ2) is 56.1. The fourth-order valence-corrected chi connectivity index (χ4v) is 10.2. The number of allylic oxidation sites excluding steroid dienone is 21. The first kappa shape index (κ1) is 79.2. The number of carbonyl (C=O) groups excluding carboxylic acids is 1. The molecule has 2 aliphatic heterocycles. The van der Waals surface area contributed by atoms with E-state index in [0.717, 1.165) is 70.6 Å². The zero-order chi connectivity index (χ0) is 63.1. The van der Waals surface area contributed by atoms with Crippen LogP contribution in [0.15, 0.2) is 134 Å². The monoisotopic (exact) mass is 1220 g/mol. The van der Waals surface area contributed by atoms with Crippen LogP contribution in [-0.4, -0.2) is 140 Å². The third-order valence-electron chi connectivity index (χ3n) is 15.6. The van der Waals surface area contributed by atoms with E-state index in [1.807, 2.05) is 12.2 Å². The maximum absolute atomic E-state index is 13.3. The molecule has 1 amide bonds. The van der Waals surface area contributed by atoms with E-state index in [1.165, 1.54) is 116 Å². The largest absolute Gasteiger partial charge is 0.394 e. The standard InChI is InChI=1S/C73H121NO13/c1-3-5-7-9-11-13-15-17-19-21-23-25-27-29-30-31-32-33-35-37-39-41-43-45-47-49-51-53-55-57-65(78)74-61(60-84-72-70(83)68(81)71(64(59-76)86-72)87-73-69(82)67(80)66(79)63(58-75)85-73)62(77)56-54-52-50-48-46-44-42-40-38-36-34-28-26-24-22-20-18-16-14-12-10-8-6-4-2/h5,7,11,13,17,19,23,25,29-30,32-33,37,39,43,45-46,48-49,51,54,56,61-64,66-73,75-77,79-83H,3-4,6,8-10,12,14-16,18,20-22,24,26-28,31,34-36,38,40-42,44,47,50,52-53,55,57-60H2,1-2H3,(H,74,78)/b7-5-,13-11-,19-17-,25-23-,30-29-,33-32-,39-37-,45-43-,48-46+,51-49-,56-54+. The fourth-order valence-electron chi connectivity index (χ4n) is 10.2. The van der Waals surface area contributed by atoms with Gasteiger partial charge >= 0.3 is 0 Å². The first-order valence-electron chi connectivity index (χ1n) is 33.9. The summed E-state index contributed by atoms with van der Waals surface area (Å²) in [5.41, 5.74) is 0. The number of nitrogens with one attached hydrogen (secondary N) is 1. The molecular weight excluding hydrogens is 1100 g/mol. The van der Waals surface area contributed by atoms with Gasteiger partial charge in [-0.2, -0.15) is 0 Å². The third kappa shape index (κ3) is 40.5. The normalized spacial score (nSPS) is 24.2. The minimum Gasteiger partial charge on any atom is -0.394 e. The summed E-state index contributed by atoms with van der Waals surface area (Å²) in [5, 5.41) is 87.3. The second-order valence-corrected chi connectivity index (χ2v) is 23.2. The lowest BCUT2D eigenvalue weighted by molar-refractivity contribution is -0.359. The number of amides is 1. The lowest BCUT2D eigenvalue weighted by Gasteiger charge is -2.46. The molecule has 87 heavy (non-hydrogen) atoms. The molecule has 2 saturated heterocycles. The second-order valence-electron chi connectivity index (χ2n) is 23.2. The Kier molecular flexibility index (Phi) is 51.1. The van der Waals surface area contributed by atoms with Crippen LogP contribution in [0.1, 0.15) is 226 Å². The topological polar surface area (TPSA) is 228 Å². The Labute approximate surface area is 526 Å². The number of aliphatic hydroxyl groups excluding tert-OH is 8. The molecule has 12 unspecified atom stereocenters. The van der Waals surface area contributed by atoms with Gasteiger partial charge in [0.15, 0.2) is 12.6 Å². The first-order chi connectivity index (χ1) is 42.6. The third-order valence-corrected chi connectivity index (χ3v) is 15.6. The van der Waals surface area contributed by atoms with Gasteiger partial charge in [-0.1, -0.05) is 257 Å². The molecule has 14 nitrogen and oxygen atoms in total. The lowest BCUT2D eigenvalue weighted by Crippen LogP contribution is -2.65. The summed E-state index contributed by atoms with van der Waals surface area (Å²) in [6.07, 6.45) is 66.5. The number of ether oxygens (including phenoxy) is 4. The van der Waals surface area contributed by atoms with Crippen LogP contribution in [0.25, 0.3) is 0 Å². The van der Waals surface area contributed by atoms with Crippen LogP contribution in [0.2, 0.25) is 0 Å². The Bertz CT molecular complexity index is 1970. The Hall–Kier alpha value is -3.87. The summed E-state index contributed by atoms with van der Waals surface area (Å²) in [5.74, 6) is -0.311. The van der Waals surface area contributed by atoms with Crippen LogP contribution in [0.5, 0.6) is 0 Å². The molecule has 0 bridgehead atoms. The van der Waals surface area contributed by atoms with Crippen molar-refractivity contribution in [1.82, 2.24) is 5.32 Å². The van der Waals surface area contributed by atoms with Crippen molar-refractivity contribution >= 4 is 5.91 Å². The molecule has 0 saturated carbocycles. The molecule has 9 N–H and O–H groups in total. The highest BCUT2D eigenvalue weighted by Crippen LogP contribution is 2.30. The minimum atomic E-state index is -1.80. The molecule has 496 valence electrons. The predicted molar refractivity (Wildman–Crippen MR) is 355 cm³/mol. The number of carbonyl (C=O) groups is 1. The van der Waals surface area contributed by atoms with Gasteiger partial charge in [-0.05, 0) is 96.3 Å². The van der Waals surface area contributed by atoms with Crippen molar-refractivity contribution in [2.45, 2.75) is 299 Å². The van der Waals surface area contributed by atoms with E-state index in [0.29, 0.717) is 19.3 Å². The van der Waals surface area contributed by atoms with Crippen LogP contribution in [0.4, 0.5) is 0 Å². The van der Waals surface area contributed by atoms with E-state index in [4.69, 9.17) is 18.9 Å². The van der Waals surface area contributed by atoms with Gasteiger partial charge in [0, 0.05) is 6.42 Å². The number of unbranched alkanes of at least 4 members (excludes halogenated alkanes) is 20. The smallest absolute Gasteiger partial charge is 0.220 e. The maximum atomic E-state index is 13.3. The average Bonchev–Trinajstić information content (AvgIpc) is 1.55. The summed E-state index contributed by atoms with van der Waals surface area (Å²) >= 11 is 0. The Balaban J connectivity index is 1.77. The van der Waals surface area contributed by atoms with Gasteiger partial charge in [-0.3, -0.25) is 4.79 Å². The van der Waals surface area contributed by atoms with Crippen molar-refractivity contribution in [2.24, 2.45) is 0 Å². The van der Waals surface area contributed by atoms with Crippen LogP contribution in [-0.2, 0) is 23.7 Å². The van der Waals surface area contributed by atoms with E-state index in [-0.39, 0.29) is 18.9 Å². The van der Waals surface area contributed by atoms with Crippen molar-refractivity contribution in [3.8, 4) is 0 Å². The lowest BCUT2D eigenvalue weighted by atomic mass is 9.97. The Morgan fingerprint density at radius 2 is 0.805 bits per heavy atom. The Morgan fingerprint density at radius 3 is 1.26 bits per heavy atom. The molecular formula is C73H121NO13. The number of hydrogen-bond acceptors (Lipinski definition) is 13. The van der Waals surface area contributed by atoms with Gasteiger partial charge in [0.1, 0.15) is 48.8 Å². The van der Waals surface area contributed by atoms with Crippen LogP contribution >= 0.6 is 0 Å². The molecule has 0 spiro atoms. The fraction of sp³-hybridized carbons (Fsp3) is 0.685. The van der Waals surface area contributed by atoms with Crippen molar-refractivity contribution in [3.63, 3.8) is 0 Å². The van der Waals surface area contributed by atoms with E-state index >= 15 is 0 Å². The SMILES string of the molecule is CC/C=C\C/C=C\C/C=C\C/C=C\C/C=C\C/C=C\C/C=C\C/C=C\C/C=C\CCCC(=O)NC(COC1OC(CO)C(OC2OC(CO)C(O)C(O)C2O)C(O)C1O)C(O)/C=C/CC/C=C/CCCCCCCCCCCCCCCCCCCC. The molecule has 2 heterocycles. The van der Waals surface area contributed by atoms with Gasteiger partial charge in [0.2, 0.25) is 5.91 Å². The number of rotatable bonds is 53. The van der Waals surface area contributed by atoms with Crippen LogP contribution in [0, 0.1) is 0 Å². The van der Waals surface area contributed by atoms with Gasteiger partial charge < -0.3 is 65.1 Å². The van der Waals surface area contributed by atoms with Gasteiger partial charge in [0.05, 0.1) is 32.0 Å². The molecule has 0 aromatic carbocycles. The molecule has 0 radical (unpaired) electrons. The van der Waals surface area contributed by atoms with Crippen molar-refractivity contribution in [2.75, 3.05) is 19.8 Å². The van der Waals surface area contributed by atoms with E-state index in [1.54, 1.807) is 6.08 Å². The van der Waals surface area contributed by atoms with E-state index in [2.05, 4.69) is 135 Å². The predicted octanol–water partition coefficient (Wildman–Crippen LogP) is 13.5. The molecule has 2 aliphatic rings. The molecule has 2 fully saturated rings. The summed E-state index contributed by atoms with van der Waals surface area (Å²) < 4.78 is 22.8. The number of aliphatic hydroxyl groups is 8. The number of hydrogen-bond donors (Lipinski definition) is 9. The quantitative estimate of drug-likeness (QED) is 0.0204. The average molecular weight is 1220 g/mol. The molecule has 0 aromatic heterocycles. The summed E-state index contributed by atoms with van der Waals surface area (Å²) in [4.78, 5) is 13.3. The molecule has 2 rings (SSSR count). The van der Waals surface area contributed by atoms with Gasteiger partial charge in [0.25, 0.3) is 0 Å². The van der Waals surface area contributed by atoms with Gasteiger partial charge in [-0.25, -0.2) is 0 Å². The molecule has 0 aliphatic carbocycles. The van der Waals surface area contributed by atoms with Crippen molar-refractivity contribution < 1.29 is 64.6 Å². The highest BCUT2D eigenvalue weighted by Gasteiger charge is 2.51. The zero-order valence-electron chi connectivity index (χ0n) is 53.7. The van der Waals surface area contributed by atoms with Crippen LogP contribution < -0.4 is 5.32 Å². The minimum absolute atomic E-state index is 0.184.